The van der Waals surface area contributed by atoms with E-state index in [2.05, 4.69) is 20.9 Å². The van der Waals surface area contributed by atoms with Gasteiger partial charge in [0.15, 0.2) is 17.8 Å². The molecule has 0 amide bonds. The Kier molecular flexibility index (Phi) is 2.98. The fourth-order valence-electron chi connectivity index (χ4n) is 1.27. The van der Waals surface area contributed by atoms with Crippen LogP contribution in [0, 0.1) is 0 Å². The maximum atomic E-state index is 10.9. The van der Waals surface area contributed by atoms with Gasteiger partial charge in [0.05, 0.1) is 5.02 Å². The minimum atomic E-state index is -1.15. The van der Waals surface area contributed by atoms with Crippen molar-refractivity contribution >= 4 is 33.5 Å². The van der Waals surface area contributed by atoms with E-state index >= 15 is 0 Å². The molecule has 0 aliphatic carbocycles. The zero-order valence-electron chi connectivity index (χ0n) is 7.78. The zero-order chi connectivity index (χ0) is 11.7. The van der Waals surface area contributed by atoms with Crippen LogP contribution in [0.25, 0.3) is 11.3 Å². The van der Waals surface area contributed by atoms with Gasteiger partial charge in [-0.2, -0.15) is 0 Å². The van der Waals surface area contributed by atoms with Crippen LogP contribution in [0.15, 0.2) is 33.5 Å². The molecule has 82 valence electrons. The normalized spacial score (nSPS) is 10.4. The fraction of sp³-hybridized carbons (Fsp3) is 0. The summed E-state index contributed by atoms with van der Waals surface area (Å²) in [7, 11) is 0. The molecule has 2 aromatic rings. The highest BCUT2D eigenvalue weighted by Gasteiger charge is 2.19. The molecule has 0 saturated heterocycles. The number of carboxylic acid groups (broad SMARTS) is 1. The Morgan fingerprint density at radius 3 is 2.94 bits per heavy atom. The molecule has 1 aromatic carbocycles. The largest absolute Gasteiger partial charge is 0.476 e. The highest BCUT2D eigenvalue weighted by Crippen LogP contribution is 2.34. The van der Waals surface area contributed by atoms with Crippen LogP contribution in [0.1, 0.15) is 10.5 Å². The Balaban J connectivity index is 2.63. The van der Waals surface area contributed by atoms with E-state index in [1.54, 1.807) is 18.2 Å². The van der Waals surface area contributed by atoms with Gasteiger partial charge in [0.1, 0.15) is 0 Å². The van der Waals surface area contributed by atoms with Crippen molar-refractivity contribution in [3.63, 3.8) is 0 Å². The second kappa shape index (κ2) is 4.27. The Bertz CT molecular complexity index is 553. The van der Waals surface area contributed by atoms with E-state index in [0.29, 0.717) is 15.1 Å². The standard InChI is InChI=1S/C10H5BrClNO3/c11-6-3-1-2-5(7(6)12)9-8(10(14)15)13-4-16-9/h1-4H,(H,14,15). The lowest BCUT2D eigenvalue weighted by Gasteiger charge is -2.02. The summed E-state index contributed by atoms with van der Waals surface area (Å²) in [5.74, 6) is -1.00. The summed E-state index contributed by atoms with van der Waals surface area (Å²) in [4.78, 5) is 14.5. The van der Waals surface area contributed by atoms with Crippen LogP contribution in [0.4, 0.5) is 0 Å². The third-order valence-electron chi connectivity index (χ3n) is 1.97. The minimum absolute atomic E-state index is 0.152. The summed E-state index contributed by atoms with van der Waals surface area (Å²) < 4.78 is 5.72. The molecule has 0 atom stereocenters. The van der Waals surface area contributed by atoms with E-state index < -0.39 is 5.97 Å². The summed E-state index contributed by atoms with van der Waals surface area (Å²) in [5.41, 5.74) is 0.339. The molecule has 1 aromatic heterocycles. The van der Waals surface area contributed by atoms with E-state index in [9.17, 15) is 4.79 Å². The summed E-state index contributed by atoms with van der Waals surface area (Å²) >= 11 is 9.29. The molecule has 0 aliphatic rings. The molecule has 6 heteroatoms. The third-order valence-corrected chi connectivity index (χ3v) is 3.26. The van der Waals surface area contributed by atoms with Gasteiger partial charge in [-0.3, -0.25) is 0 Å². The number of oxazole rings is 1. The van der Waals surface area contributed by atoms with Gasteiger partial charge in [-0.1, -0.05) is 17.7 Å². The van der Waals surface area contributed by atoms with Crippen molar-refractivity contribution in [3.8, 4) is 11.3 Å². The van der Waals surface area contributed by atoms with E-state index in [-0.39, 0.29) is 11.5 Å². The average Bonchev–Trinajstić information content (AvgIpc) is 2.70. The van der Waals surface area contributed by atoms with Gasteiger partial charge in [0.25, 0.3) is 0 Å². The van der Waals surface area contributed by atoms with Crippen molar-refractivity contribution in [2.75, 3.05) is 0 Å². The molecule has 0 spiro atoms. The Labute approximate surface area is 104 Å². The summed E-state index contributed by atoms with van der Waals surface area (Å²) in [5, 5.41) is 9.29. The molecule has 16 heavy (non-hydrogen) atoms. The first-order valence-corrected chi connectivity index (χ1v) is 5.39. The van der Waals surface area contributed by atoms with E-state index in [1.165, 1.54) is 0 Å². The predicted molar refractivity (Wildman–Crippen MR) is 61.6 cm³/mol. The number of aromatic carboxylic acids is 1. The maximum absolute atomic E-state index is 10.9. The number of carbonyl (C=O) groups is 1. The number of benzene rings is 1. The van der Waals surface area contributed by atoms with Gasteiger partial charge in [-0.05, 0) is 28.1 Å². The summed E-state index contributed by atoms with van der Waals surface area (Å²) in [6.45, 7) is 0. The number of hydrogen-bond donors (Lipinski definition) is 1. The minimum Gasteiger partial charge on any atom is -0.476 e. The van der Waals surface area contributed by atoms with Gasteiger partial charge in [0, 0.05) is 10.0 Å². The number of rotatable bonds is 2. The van der Waals surface area contributed by atoms with Crippen LogP contribution in [0.3, 0.4) is 0 Å². The maximum Gasteiger partial charge on any atom is 0.358 e. The van der Waals surface area contributed by atoms with Crippen LogP contribution in [-0.4, -0.2) is 16.1 Å². The first kappa shape index (κ1) is 11.2. The topological polar surface area (TPSA) is 63.3 Å². The van der Waals surface area contributed by atoms with Crippen LogP contribution in [-0.2, 0) is 0 Å². The second-order valence-corrected chi connectivity index (χ2v) is 4.17. The van der Waals surface area contributed by atoms with Gasteiger partial charge in [0.2, 0.25) is 0 Å². The first-order valence-electron chi connectivity index (χ1n) is 4.22. The lowest BCUT2D eigenvalue weighted by Crippen LogP contribution is -1.98. The summed E-state index contributed by atoms with van der Waals surface area (Å²) in [6, 6.07) is 5.15. The zero-order valence-corrected chi connectivity index (χ0v) is 10.1. The molecule has 1 N–H and O–H groups in total. The molecule has 0 saturated carbocycles. The van der Waals surface area contributed by atoms with Crippen molar-refractivity contribution in [2.45, 2.75) is 0 Å². The van der Waals surface area contributed by atoms with E-state index in [0.717, 1.165) is 6.39 Å². The number of halogens is 2. The van der Waals surface area contributed by atoms with Crippen molar-refractivity contribution in [1.82, 2.24) is 4.98 Å². The van der Waals surface area contributed by atoms with Crippen molar-refractivity contribution in [3.05, 3.63) is 39.8 Å². The molecule has 2 rings (SSSR count). The predicted octanol–water partition coefficient (Wildman–Crippen LogP) is 3.46. The number of nitrogens with zero attached hydrogens (tertiary/aromatic N) is 1. The third kappa shape index (κ3) is 1.83. The highest BCUT2D eigenvalue weighted by atomic mass is 79.9. The van der Waals surface area contributed by atoms with Crippen molar-refractivity contribution in [2.24, 2.45) is 0 Å². The second-order valence-electron chi connectivity index (χ2n) is 2.94. The lowest BCUT2D eigenvalue weighted by atomic mass is 10.1. The van der Waals surface area contributed by atoms with Crippen LogP contribution >= 0.6 is 27.5 Å². The Morgan fingerprint density at radius 1 is 1.50 bits per heavy atom. The van der Waals surface area contributed by atoms with Crippen LogP contribution in [0.5, 0.6) is 0 Å². The Morgan fingerprint density at radius 2 is 2.25 bits per heavy atom. The number of aromatic nitrogens is 1. The smallest absolute Gasteiger partial charge is 0.358 e. The molecular weight excluding hydrogens is 297 g/mol. The fourth-order valence-corrected chi connectivity index (χ4v) is 1.85. The molecule has 0 radical (unpaired) electrons. The van der Waals surface area contributed by atoms with Gasteiger partial charge >= 0.3 is 5.97 Å². The molecule has 0 unspecified atom stereocenters. The molecule has 0 fully saturated rings. The molecule has 0 aliphatic heterocycles. The molecule has 0 bridgehead atoms. The van der Waals surface area contributed by atoms with Crippen LogP contribution < -0.4 is 0 Å². The van der Waals surface area contributed by atoms with Crippen molar-refractivity contribution in [1.29, 1.82) is 0 Å². The molecule has 4 nitrogen and oxygen atoms in total. The van der Waals surface area contributed by atoms with Crippen LogP contribution in [0.2, 0.25) is 5.02 Å². The summed E-state index contributed by atoms with van der Waals surface area (Å²) in [6.07, 6.45) is 1.08. The number of carboxylic acids is 1. The highest BCUT2D eigenvalue weighted by molar-refractivity contribution is 9.10. The molecular formula is C10H5BrClNO3. The van der Waals surface area contributed by atoms with Gasteiger partial charge in [-0.15, -0.1) is 0 Å². The first-order chi connectivity index (χ1) is 7.61. The average molecular weight is 303 g/mol. The lowest BCUT2D eigenvalue weighted by molar-refractivity contribution is 0.0691. The van der Waals surface area contributed by atoms with Gasteiger partial charge in [-0.25, -0.2) is 9.78 Å². The van der Waals surface area contributed by atoms with E-state index in [4.69, 9.17) is 21.1 Å². The number of hydrogen-bond acceptors (Lipinski definition) is 3. The van der Waals surface area contributed by atoms with E-state index in [1.807, 2.05) is 0 Å². The Hall–Kier alpha value is -1.33. The van der Waals surface area contributed by atoms with Gasteiger partial charge < -0.3 is 9.52 Å². The SMILES string of the molecule is O=C(O)c1ncoc1-c1cccc(Br)c1Cl. The van der Waals surface area contributed by atoms with Crippen molar-refractivity contribution < 1.29 is 14.3 Å². The monoisotopic (exact) mass is 301 g/mol. The molecule has 1 heterocycles. The quantitative estimate of drug-likeness (QED) is 0.923.